The molecule has 0 saturated carbocycles. The van der Waals surface area contributed by atoms with Crippen LogP contribution in [-0.2, 0) is 19.1 Å². The van der Waals surface area contributed by atoms with Crippen LogP contribution in [0.5, 0.6) is 0 Å². The van der Waals surface area contributed by atoms with E-state index in [1.165, 1.54) is 20.1 Å². The van der Waals surface area contributed by atoms with E-state index in [2.05, 4.69) is 10.1 Å². The van der Waals surface area contributed by atoms with Crippen LogP contribution >= 0.6 is 0 Å². The molecule has 120 valence electrons. The standard InChI is InChI=1S/C13H22N2O6/c1-7(17)15-12-10(14)3-8(13(19)20-2)4-11(12)21-6-9(18)5-16/h4,9-12,16,18H,3,5-6,14H2,1-2H3,(H,15,17). The van der Waals surface area contributed by atoms with Gasteiger partial charge >= 0.3 is 5.97 Å². The van der Waals surface area contributed by atoms with Gasteiger partial charge in [-0.3, -0.25) is 4.79 Å². The first kappa shape index (κ1) is 17.6. The molecule has 0 aromatic heterocycles. The van der Waals surface area contributed by atoms with Gasteiger partial charge in [-0.05, 0) is 12.5 Å². The average Bonchev–Trinajstić information content (AvgIpc) is 2.45. The van der Waals surface area contributed by atoms with Gasteiger partial charge in [0.25, 0.3) is 0 Å². The molecule has 1 aliphatic rings. The van der Waals surface area contributed by atoms with E-state index in [1.807, 2.05) is 0 Å². The number of nitrogens with one attached hydrogen (secondary N) is 1. The van der Waals surface area contributed by atoms with Crippen molar-refractivity contribution in [3.63, 3.8) is 0 Å². The molecule has 0 fully saturated rings. The molecule has 0 aliphatic heterocycles. The van der Waals surface area contributed by atoms with Crippen LogP contribution in [-0.4, -0.2) is 66.7 Å². The molecule has 0 spiro atoms. The van der Waals surface area contributed by atoms with Gasteiger partial charge in [0.1, 0.15) is 6.10 Å². The van der Waals surface area contributed by atoms with E-state index in [4.69, 9.17) is 15.6 Å². The number of hydrogen-bond acceptors (Lipinski definition) is 7. The topological polar surface area (TPSA) is 131 Å². The third-order valence-corrected chi connectivity index (χ3v) is 3.15. The number of nitrogens with two attached hydrogens (primary N) is 1. The zero-order valence-electron chi connectivity index (χ0n) is 12.1. The Kier molecular flexibility index (Phi) is 6.76. The fourth-order valence-corrected chi connectivity index (χ4v) is 2.13. The SMILES string of the molecule is COC(=O)C1=CC(OCC(O)CO)C(NC(C)=O)C(N)C1. The highest BCUT2D eigenvalue weighted by Gasteiger charge is 2.35. The Labute approximate surface area is 122 Å². The Hall–Kier alpha value is -1.48. The third kappa shape index (κ3) is 5.09. The highest BCUT2D eigenvalue weighted by molar-refractivity contribution is 5.89. The quantitative estimate of drug-likeness (QED) is 0.420. The molecule has 0 saturated heterocycles. The number of ether oxygens (including phenoxy) is 2. The third-order valence-electron chi connectivity index (χ3n) is 3.15. The molecule has 21 heavy (non-hydrogen) atoms. The van der Waals surface area contributed by atoms with Crippen molar-refractivity contribution in [3.8, 4) is 0 Å². The van der Waals surface area contributed by atoms with Crippen molar-refractivity contribution >= 4 is 11.9 Å². The van der Waals surface area contributed by atoms with Gasteiger partial charge in [-0.1, -0.05) is 0 Å². The first-order chi connectivity index (χ1) is 9.88. The number of hydrogen-bond donors (Lipinski definition) is 4. The zero-order valence-corrected chi connectivity index (χ0v) is 12.1. The van der Waals surface area contributed by atoms with Gasteiger partial charge in [0.05, 0.1) is 32.5 Å². The van der Waals surface area contributed by atoms with Crippen LogP contribution in [0.1, 0.15) is 13.3 Å². The van der Waals surface area contributed by atoms with Crippen LogP contribution in [0.15, 0.2) is 11.6 Å². The maximum Gasteiger partial charge on any atom is 0.333 e. The Bertz CT molecular complexity index is 411. The summed E-state index contributed by atoms with van der Waals surface area (Å²) < 4.78 is 10.1. The van der Waals surface area contributed by atoms with Crippen molar-refractivity contribution in [2.24, 2.45) is 5.73 Å². The van der Waals surface area contributed by atoms with Crippen molar-refractivity contribution in [1.82, 2.24) is 5.32 Å². The molecule has 8 nitrogen and oxygen atoms in total. The van der Waals surface area contributed by atoms with E-state index in [-0.39, 0.29) is 18.9 Å². The lowest BCUT2D eigenvalue weighted by atomic mass is 9.88. The van der Waals surface area contributed by atoms with Crippen molar-refractivity contribution < 1.29 is 29.3 Å². The summed E-state index contributed by atoms with van der Waals surface area (Å²) in [4.78, 5) is 22.8. The summed E-state index contributed by atoms with van der Waals surface area (Å²) >= 11 is 0. The van der Waals surface area contributed by atoms with Crippen molar-refractivity contribution in [2.45, 2.75) is 37.6 Å². The molecule has 0 aromatic rings. The molecule has 5 N–H and O–H groups in total. The van der Waals surface area contributed by atoms with E-state index in [1.54, 1.807) is 0 Å². The van der Waals surface area contributed by atoms with Crippen molar-refractivity contribution in [3.05, 3.63) is 11.6 Å². The maximum atomic E-state index is 11.6. The molecule has 1 amide bonds. The Morgan fingerprint density at radius 1 is 1.57 bits per heavy atom. The number of amides is 1. The lowest BCUT2D eigenvalue weighted by Crippen LogP contribution is -2.56. The Balaban J connectivity index is 2.88. The highest BCUT2D eigenvalue weighted by Crippen LogP contribution is 2.21. The van der Waals surface area contributed by atoms with Gasteiger partial charge in [0.2, 0.25) is 5.91 Å². The van der Waals surface area contributed by atoms with Crippen molar-refractivity contribution in [1.29, 1.82) is 0 Å². The minimum Gasteiger partial charge on any atom is -0.466 e. The largest absolute Gasteiger partial charge is 0.466 e. The maximum absolute atomic E-state index is 11.6. The number of carbonyl (C=O) groups excluding carboxylic acids is 2. The Morgan fingerprint density at radius 3 is 2.76 bits per heavy atom. The monoisotopic (exact) mass is 302 g/mol. The lowest BCUT2D eigenvalue weighted by molar-refractivity contribution is -0.136. The van der Waals surface area contributed by atoms with Gasteiger partial charge in [-0.15, -0.1) is 0 Å². The number of rotatable bonds is 6. The molecule has 0 heterocycles. The second-order valence-electron chi connectivity index (χ2n) is 4.91. The van der Waals surface area contributed by atoms with Gasteiger partial charge in [-0.25, -0.2) is 4.79 Å². The predicted octanol–water partition coefficient (Wildman–Crippen LogP) is -1.94. The molecule has 0 radical (unpaired) electrons. The van der Waals surface area contributed by atoms with Crippen LogP contribution in [0.2, 0.25) is 0 Å². The fourth-order valence-electron chi connectivity index (χ4n) is 2.13. The number of aliphatic hydroxyl groups excluding tert-OH is 2. The first-order valence-electron chi connectivity index (χ1n) is 6.61. The molecule has 0 aromatic carbocycles. The van der Waals surface area contributed by atoms with Crippen LogP contribution in [0.4, 0.5) is 0 Å². The van der Waals surface area contributed by atoms with E-state index < -0.39 is 36.9 Å². The molecule has 8 heteroatoms. The molecule has 4 unspecified atom stereocenters. The van der Waals surface area contributed by atoms with E-state index in [0.717, 1.165) is 0 Å². The first-order valence-corrected chi connectivity index (χ1v) is 6.61. The Morgan fingerprint density at radius 2 is 2.24 bits per heavy atom. The zero-order chi connectivity index (χ0) is 16.0. The van der Waals surface area contributed by atoms with Crippen LogP contribution in [0.3, 0.4) is 0 Å². The number of aliphatic hydroxyl groups is 2. The van der Waals surface area contributed by atoms with Crippen LogP contribution in [0, 0.1) is 0 Å². The lowest BCUT2D eigenvalue weighted by Gasteiger charge is -2.35. The van der Waals surface area contributed by atoms with Crippen LogP contribution < -0.4 is 11.1 Å². The van der Waals surface area contributed by atoms with Gasteiger partial charge < -0.3 is 30.7 Å². The number of methoxy groups -OCH3 is 1. The number of esters is 1. The summed E-state index contributed by atoms with van der Waals surface area (Å²) in [5.74, 6) is -0.787. The average molecular weight is 302 g/mol. The molecule has 4 atom stereocenters. The minimum atomic E-state index is -1.05. The van der Waals surface area contributed by atoms with E-state index in [9.17, 15) is 14.7 Å². The summed E-state index contributed by atoms with van der Waals surface area (Å²) in [6, 6.07) is -1.05. The minimum absolute atomic E-state index is 0.144. The van der Waals surface area contributed by atoms with Gasteiger partial charge in [0, 0.05) is 18.5 Å². The molecule has 1 aliphatic carbocycles. The summed E-state index contributed by atoms with van der Waals surface area (Å²) in [5.41, 5.74) is 6.34. The van der Waals surface area contributed by atoms with E-state index >= 15 is 0 Å². The summed E-state index contributed by atoms with van der Waals surface area (Å²) in [6.45, 7) is 0.762. The van der Waals surface area contributed by atoms with E-state index in [0.29, 0.717) is 5.57 Å². The molecule has 0 bridgehead atoms. The summed E-state index contributed by atoms with van der Waals surface area (Å²) in [5, 5.41) is 20.8. The molecular formula is C13H22N2O6. The second-order valence-corrected chi connectivity index (χ2v) is 4.91. The van der Waals surface area contributed by atoms with Crippen LogP contribution in [0.25, 0.3) is 0 Å². The van der Waals surface area contributed by atoms with Gasteiger partial charge in [0.15, 0.2) is 0 Å². The summed E-state index contributed by atoms with van der Waals surface area (Å²) in [7, 11) is 1.26. The molecule has 1 rings (SSSR count). The van der Waals surface area contributed by atoms with Crippen molar-refractivity contribution in [2.75, 3.05) is 20.3 Å². The number of carbonyl (C=O) groups is 2. The smallest absolute Gasteiger partial charge is 0.333 e. The fraction of sp³-hybridized carbons (Fsp3) is 0.692. The summed E-state index contributed by atoms with van der Waals surface area (Å²) in [6.07, 6.45) is 0.0454. The normalized spacial score (nSPS) is 26.7. The second kappa shape index (κ2) is 8.08. The predicted molar refractivity (Wildman–Crippen MR) is 73.1 cm³/mol. The highest BCUT2D eigenvalue weighted by atomic mass is 16.5. The molecular weight excluding hydrogens is 280 g/mol. The van der Waals surface area contributed by atoms with Gasteiger partial charge in [-0.2, -0.15) is 0 Å².